The average molecular weight is 488 g/mol. The predicted molar refractivity (Wildman–Crippen MR) is 120 cm³/mol. The van der Waals surface area contributed by atoms with Crippen LogP contribution in [0.2, 0.25) is 0 Å². The third kappa shape index (κ3) is 6.51. The van der Waals surface area contributed by atoms with Gasteiger partial charge < -0.3 is 15.0 Å². The third-order valence-electron chi connectivity index (χ3n) is 4.03. The Bertz CT molecular complexity index is 704. The SMILES string of the molecule is CCNC(=NCc1ccccc1C)N(C)Cc1csc(C(C)OC)n1.I. The highest BCUT2D eigenvalue weighted by Gasteiger charge is 2.12. The average Bonchev–Trinajstić information content (AvgIpc) is 3.07. The summed E-state index contributed by atoms with van der Waals surface area (Å²) in [6.07, 6.45) is 0.0343. The normalized spacial score (nSPS) is 12.4. The smallest absolute Gasteiger partial charge is 0.194 e. The molecule has 1 atom stereocenters. The Kier molecular flexibility index (Phi) is 10.1. The van der Waals surface area contributed by atoms with E-state index in [1.165, 1.54) is 11.1 Å². The maximum Gasteiger partial charge on any atom is 0.194 e. The molecule has 5 nitrogen and oxygen atoms in total. The van der Waals surface area contributed by atoms with E-state index in [-0.39, 0.29) is 30.1 Å². The summed E-state index contributed by atoms with van der Waals surface area (Å²) in [6.45, 7) is 8.43. The van der Waals surface area contributed by atoms with E-state index in [0.29, 0.717) is 13.1 Å². The van der Waals surface area contributed by atoms with Gasteiger partial charge in [0.2, 0.25) is 0 Å². The number of nitrogens with one attached hydrogen (secondary N) is 1. The molecule has 1 aromatic carbocycles. The van der Waals surface area contributed by atoms with E-state index in [1.54, 1.807) is 18.4 Å². The van der Waals surface area contributed by atoms with Gasteiger partial charge in [0.05, 0.1) is 18.8 Å². The summed E-state index contributed by atoms with van der Waals surface area (Å²) < 4.78 is 5.34. The molecule has 0 aliphatic rings. The van der Waals surface area contributed by atoms with Crippen molar-refractivity contribution in [3.05, 3.63) is 51.5 Å². The second kappa shape index (κ2) is 11.5. The van der Waals surface area contributed by atoms with Crippen LogP contribution >= 0.6 is 35.3 Å². The van der Waals surface area contributed by atoms with Crippen LogP contribution in [-0.2, 0) is 17.8 Å². The van der Waals surface area contributed by atoms with Crippen LogP contribution in [0.3, 0.4) is 0 Å². The maximum absolute atomic E-state index is 5.34. The lowest BCUT2D eigenvalue weighted by Crippen LogP contribution is -2.38. The molecule has 0 radical (unpaired) electrons. The maximum atomic E-state index is 5.34. The van der Waals surface area contributed by atoms with Crippen LogP contribution in [0.5, 0.6) is 0 Å². The van der Waals surface area contributed by atoms with Crippen molar-refractivity contribution in [2.45, 2.75) is 40.0 Å². The number of ether oxygens (including phenoxy) is 1. The van der Waals surface area contributed by atoms with Crippen LogP contribution in [0.1, 0.15) is 41.8 Å². The van der Waals surface area contributed by atoms with Gasteiger partial charge in [-0.15, -0.1) is 35.3 Å². The monoisotopic (exact) mass is 488 g/mol. The molecule has 0 bridgehead atoms. The van der Waals surface area contributed by atoms with E-state index in [1.807, 2.05) is 14.0 Å². The molecule has 26 heavy (non-hydrogen) atoms. The fourth-order valence-corrected chi connectivity index (χ4v) is 3.26. The molecule has 2 rings (SSSR count). The van der Waals surface area contributed by atoms with E-state index >= 15 is 0 Å². The number of hydrogen-bond donors (Lipinski definition) is 1. The molecule has 144 valence electrons. The molecule has 0 amide bonds. The molecule has 2 aromatic rings. The minimum absolute atomic E-state index is 0. The first-order valence-electron chi connectivity index (χ1n) is 8.56. The van der Waals surface area contributed by atoms with Crippen molar-refractivity contribution in [2.75, 3.05) is 20.7 Å². The first-order chi connectivity index (χ1) is 12.0. The molecule has 0 spiro atoms. The number of halogens is 1. The number of aryl methyl sites for hydroxylation is 1. The summed E-state index contributed by atoms with van der Waals surface area (Å²) >= 11 is 1.64. The number of thiazole rings is 1. The summed E-state index contributed by atoms with van der Waals surface area (Å²) in [4.78, 5) is 11.6. The Hall–Kier alpha value is -1.19. The van der Waals surface area contributed by atoms with Gasteiger partial charge >= 0.3 is 0 Å². The van der Waals surface area contributed by atoms with Crippen molar-refractivity contribution in [3.63, 3.8) is 0 Å². The molecular weight excluding hydrogens is 459 g/mol. The molecule has 1 aromatic heterocycles. The quantitative estimate of drug-likeness (QED) is 0.357. The lowest BCUT2D eigenvalue weighted by atomic mass is 10.1. The molecule has 0 aliphatic carbocycles. The van der Waals surface area contributed by atoms with Gasteiger partial charge in [0.15, 0.2) is 5.96 Å². The van der Waals surface area contributed by atoms with Crippen LogP contribution in [0.4, 0.5) is 0 Å². The number of aromatic nitrogens is 1. The second-order valence-corrected chi connectivity index (χ2v) is 6.90. The second-order valence-electron chi connectivity index (χ2n) is 6.01. The molecule has 0 saturated heterocycles. The Morgan fingerprint density at radius 3 is 2.77 bits per heavy atom. The van der Waals surface area contributed by atoms with Crippen LogP contribution in [0, 0.1) is 6.92 Å². The number of methoxy groups -OCH3 is 1. The lowest BCUT2D eigenvalue weighted by Gasteiger charge is -2.21. The summed E-state index contributed by atoms with van der Waals surface area (Å²) in [5.74, 6) is 0.889. The zero-order valence-electron chi connectivity index (χ0n) is 16.2. The molecule has 1 heterocycles. The van der Waals surface area contributed by atoms with Gasteiger partial charge in [0.1, 0.15) is 11.1 Å². The van der Waals surface area contributed by atoms with Gasteiger partial charge in [-0.05, 0) is 31.9 Å². The minimum atomic E-state index is 0. The Balaban J connectivity index is 0.00000338. The standard InChI is InChI=1S/C19H28N4OS.HI/c1-6-20-19(21-11-16-10-8-7-9-14(16)2)23(4)12-17-13-25-18(22-17)15(3)24-5;/h7-10,13,15H,6,11-12H2,1-5H3,(H,20,21);1H. The molecule has 7 heteroatoms. The van der Waals surface area contributed by atoms with Crippen LogP contribution in [-0.4, -0.2) is 36.5 Å². The molecule has 1 N–H and O–H groups in total. The van der Waals surface area contributed by atoms with Crippen LogP contribution < -0.4 is 5.32 Å². The number of benzene rings is 1. The van der Waals surface area contributed by atoms with Gasteiger partial charge in [-0.3, -0.25) is 0 Å². The number of hydrogen-bond acceptors (Lipinski definition) is 4. The van der Waals surface area contributed by atoms with Crippen molar-refractivity contribution in [3.8, 4) is 0 Å². The Labute approximate surface area is 177 Å². The highest BCUT2D eigenvalue weighted by molar-refractivity contribution is 14.0. The van der Waals surface area contributed by atoms with Crippen LogP contribution in [0.25, 0.3) is 0 Å². The summed E-state index contributed by atoms with van der Waals surface area (Å²) in [7, 11) is 3.75. The number of guanidine groups is 1. The van der Waals surface area contributed by atoms with E-state index in [0.717, 1.165) is 23.2 Å². The van der Waals surface area contributed by atoms with Gasteiger partial charge in [0.25, 0.3) is 0 Å². The highest BCUT2D eigenvalue weighted by Crippen LogP contribution is 2.21. The van der Waals surface area contributed by atoms with Gasteiger partial charge in [-0.25, -0.2) is 9.98 Å². The van der Waals surface area contributed by atoms with Crippen molar-refractivity contribution in [1.29, 1.82) is 0 Å². The van der Waals surface area contributed by atoms with Gasteiger partial charge in [-0.1, -0.05) is 24.3 Å². The predicted octanol–water partition coefficient (Wildman–Crippen LogP) is 4.37. The molecule has 0 aliphatic heterocycles. The molecule has 0 saturated carbocycles. The minimum Gasteiger partial charge on any atom is -0.375 e. The van der Waals surface area contributed by atoms with Gasteiger partial charge in [0, 0.05) is 26.1 Å². The summed E-state index contributed by atoms with van der Waals surface area (Å²) in [5.41, 5.74) is 3.55. The van der Waals surface area contributed by atoms with Crippen LogP contribution in [0.15, 0.2) is 34.6 Å². The van der Waals surface area contributed by atoms with Gasteiger partial charge in [-0.2, -0.15) is 0 Å². The van der Waals surface area contributed by atoms with E-state index in [9.17, 15) is 0 Å². The summed E-state index contributed by atoms with van der Waals surface area (Å²) in [5, 5.41) is 6.46. The summed E-state index contributed by atoms with van der Waals surface area (Å²) in [6, 6.07) is 8.36. The largest absolute Gasteiger partial charge is 0.375 e. The molecular formula is C19H29IN4OS. The topological polar surface area (TPSA) is 49.8 Å². The zero-order valence-corrected chi connectivity index (χ0v) is 19.3. The molecule has 0 fully saturated rings. The number of rotatable bonds is 7. The van der Waals surface area contributed by atoms with E-state index in [4.69, 9.17) is 9.73 Å². The van der Waals surface area contributed by atoms with Crippen molar-refractivity contribution in [1.82, 2.24) is 15.2 Å². The number of nitrogens with zero attached hydrogens (tertiary/aromatic N) is 3. The number of aliphatic imine (C=N–C) groups is 1. The van der Waals surface area contributed by atoms with Crippen molar-refractivity contribution in [2.24, 2.45) is 4.99 Å². The highest BCUT2D eigenvalue weighted by atomic mass is 127. The Morgan fingerprint density at radius 1 is 1.38 bits per heavy atom. The fourth-order valence-electron chi connectivity index (χ4n) is 2.42. The third-order valence-corrected chi connectivity index (χ3v) is 5.08. The first-order valence-corrected chi connectivity index (χ1v) is 9.44. The lowest BCUT2D eigenvalue weighted by molar-refractivity contribution is 0.119. The molecule has 1 unspecified atom stereocenters. The zero-order chi connectivity index (χ0) is 18.2. The fraction of sp³-hybridized carbons (Fsp3) is 0.474. The van der Waals surface area contributed by atoms with E-state index < -0.39 is 0 Å². The van der Waals surface area contributed by atoms with E-state index in [2.05, 4.69) is 58.7 Å². The van der Waals surface area contributed by atoms with Crippen molar-refractivity contribution < 1.29 is 4.74 Å². The first kappa shape index (κ1) is 22.9. The Morgan fingerprint density at radius 2 is 2.12 bits per heavy atom. The van der Waals surface area contributed by atoms with Crippen molar-refractivity contribution >= 4 is 41.3 Å².